The molecule has 0 bridgehead atoms. The lowest BCUT2D eigenvalue weighted by atomic mass is 10.4. The summed E-state index contributed by atoms with van der Waals surface area (Å²) in [7, 11) is 0. The predicted molar refractivity (Wildman–Crippen MR) is 43.2 cm³/mol. The van der Waals surface area contributed by atoms with Gasteiger partial charge in [0.25, 0.3) is 0 Å². The van der Waals surface area contributed by atoms with Crippen LogP contribution in [0.15, 0.2) is 0 Å². The third kappa shape index (κ3) is 6.65. The highest BCUT2D eigenvalue weighted by molar-refractivity contribution is 14.1. The van der Waals surface area contributed by atoms with E-state index in [1.54, 1.807) is 0 Å². The molecule has 0 saturated heterocycles. The zero-order chi connectivity index (χ0) is 6.62. The minimum absolute atomic E-state index is 0.112. The molecule has 2 N–H and O–H groups in total. The number of aliphatic hydroxyl groups is 1. The van der Waals surface area contributed by atoms with Gasteiger partial charge in [-0.1, -0.05) is 22.6 Å². The standard InChI is InChI=1S/C5H12INO/c1-5(2,6)7-3-4-8/h7-8H,3-4H2,1-2H3. The molecule has 0 aromatic heterocycles. The number of halogens is 1. The number of nitrogens with one attached hydrogen (secondary N) is 1. The van der Waals surface area contributed by atoms with Crippen LogP contribution in [0.4, 0.5) is 0 Å². The maximum Gasteiger partial charge on any atom is 0.0649 e. The Bertz CT molecular complexity index is 59.9. The summed E-state index contributed by atoms with van der Waals surface area (Å²) in [5.41, 5.74) is 0. The van der Waals surface area contributed by atoms with E-state index in [0.29, 0.717) is 6.54 Å². The van der Waals surface area contributed by atoms with Crippen molar-refractivity contribution in [1.82, 2.24) is 5.32 Å². The van der Waals surface area contributed by atoms with E-state index in [-0.39, 0.29) is 10.2 Å². The quantitative estimate of drug-likeness (QED) is 0.425. The van der Waals surface area contributed by atoms with E-state index in [1.807, 2.05) is 0 Å². The summed E-state index contributed by atoms with van der Waals surface area (Å²) in [4.78, 5) is 0. The Balaban J connectivity index is 3.11. The van der Waals surface area contributed by atoms with Crippen LogP contribution in [0.2, 0.25) is 0 Å². The van der Waals surface area contributed by atoms with Crippen molar-refractivity contribution in [1.29, 1.82) is 0 Å². The van der Waals surface area contributed by atoms with Gasteiger partial charge in [0, 0.05) is 6.54 Å². The monoisotopic (exact) mass is 229 g/mol. The van der Waals surface area contributed by atoms with Crippen molar-refractivity contribution >= 4 is 22.6 Å². The van der Waals surface area contributed by atoms with Crippen LogP contribution < -0.4 is 5.32 Å². The van der Waals surface area contributed by atoms with E-state index in [2.05, 4.69) is 41.8 Å². The predicted octanol–water partition coefficient (Wildman–Crippen LogP) is 0.739. The van der Waals surface area contributed by atoms with Crippen LogP contribution in [0.1, 0.15) is 13.8 Å². The molecular formula is C5H12INO. The van der Waals surface area contributed by atoms with Gasteiger partial charge in [0.15, 0.2) is 0 Å². The second-order valence-corrected chi connectivity index (χ2v) is 4.82. The lowest BCUT2D eigenvalue weighted by Gasteiger charge is -2.16. The maximum atomic E-state index is 8.36. The van der Waals surface area contributed by atoms with Gasteiger partial charge in [-0.05, 0) is 13.8 Å². The number of alkyl halides is 1. The number of rotatable bonds is 3. The van der Waals surface area contributed by atoms with Crippen molar-refractivity contribution in [2.45, 2.75) is 17.4 Å². The molecule has 2 nitrogen and oxygen atoms in total. The average molecular weight is 229 g/mol. The van der Waals surface area contributed by atoms with Crippen LogP contribution in [0.25, 0.3) is 0 Å². The van der Waals surface area contributed by atoms with Crippen molar-refractivity contribution in [3.05, 3.63) is 0 Å². The summed E-state index contributed by atoms with van der Waals surface area (Å²) in [6.45, 7) is 5.01. The van der Waals surface area contributed by atoms with Gasteiger partial charge in [-0.15, -0.1) is 0 Å². The maximum absolute atomic E-state index is 8.36. The Kier molecular flexibility index (Phi) is 3.93. The first-order valence-corrected chi connectivity index (χ1v) is 3.69. The van der Waals surface area contributed by atoms with Crippen molar-refractivity contribution in [2.75, 3.05) is 13.2 Å². The van der Waals surface area contributed by atoms with Gasteiger partial charge in [-0.2, -0.15) is 0 Å². The fourth-order valence-corrected chi connectivity index (χ4v) is 0.623. The molecule has 0 aliphatic rings. The van der Waals surface area contributed by atoms with Gasteiger partial charge in [0.2, 0.25) is 0 Å². The van der Waals surface area contributed by atoms with Crippen LogP contribution >= 0.6 is 22.6 Å². The van der Waals surface area contributed by atoms with Crippen LogP contribution in [0, 0.1) is 0 Å². The first-order valence-electron chi connectivity index (χ1n) is 2.61. The molecule has 0 aromatic rings. The van der Waals surface area contributed by atoms with E-state index < -0.39 is 0 Å². The van der Waals surface area contributed by atoms with E-state index in [0.717, 1.165) is 0 Å². The molecule has 0 radical (unpaired) electrons. The van der Waals surface area contributed by atoms with Crippen molar-refractivity contribution in [3.8, 4) is 0 Å². The molecule has 0 fully saturated rings. The lowest BCUT2D eigenvalue weighted by Crippen LogP contribution is -2.34. The number of aliphatic hydroxyl groups excluding tert-OH is 1. The topological polar surface area (TPSA) is 32.3 Å². The molecule has 0 aliphatic heterocycles. The van der Waals surface area contributed by atoms with Gasteiger partial charge >= 0.3 is 0 Å². The summed E-state index contributed by atoms with van der Waals surface area (Å²) in [5, 5.41) is 11.5. The van der Waals surface area contributed by atoms with E-state index in [4.69, 9.17) is 5.11 Å². The fraction of sp³-hybridized carbons (Fsp3) is 1.00. The fourth-order valence-electron chi connectivity index (χ4n) is 0.353. The van der Waals surface area contributed by atoms with Crippen molar-refractivity contribution < 1.29 is 5.11 Å². The molecule has 0 heterocycles. The van der Waals surface area contributed by atoms with Crippen molar-refractivity contribution in [2.24, 2.45) is 0 Å². The number of hydrogen-bond acceptors (Lipinski definition) is 2. The molecule has 0 spiro atoms. The van der Waals surface area contributed by atoms with Crippen LogP contribution in [0.5, 0.6) is 0 Å². The van der Waals surface area contributed by atoms with Crippen LogP contribution in [-0.2, 0) is 0 Å². The lowest BCUT2D eigenvalue weighted by molar-refractivity contribution is 0.286. The molecule has 3 heteroatoms. The molecule has 50 valence electrons. The Morgan fingerprint density at radius 2 is 2.12 bits per heavy atom. The van der Waals surface area contributed by atoms with Gasteiger partial charge in [0.05, 0.1) is 10.2 Å². The third-order valence-corrected chi connectivity index (χ3v) is 1.04. The summed E-state index contributed by atoms with van der Waals surface area (Å²) in [6, 6.07) is 0. The Morgan fingerprint density at radius 3 is 2.25 bits per heavy atom. The van der Waals surface area contributed by atoms with Gasteiger partial charge < -0.3 is 10.4 Å². The molecule has 0 aromatic carbocycles. The second-order valence-electron chi connectivity index (χ2n) is 2.12. The summed E-state index contributed by atoms with van der Waals surface area (Å²) in [5.74, 6) is 0. The first-order chi connectivity index (χ1) is 3.56. The van der Waals surface area contributed by atoms with Gasteiger partial charge in [0.1, 0.15) is 0 Å². The second kappa shape index (κ2) is 3.63. The van der Waals surface area contributed by atoms with E-state index in [9.17, 15) is 0 Å². The van der Waals surface area contributed by atoms with Crippen molar-refractivity contribution in [3.63, 3.8) is 0 Å². The Morgan fingerprint density at radius 1 is 1.62 bits per heavy atom. The molecule has 0 aliphatic carbocycles. The van der Waals surface area contributed by atoms with Crippen LogP contribution in [0.3, 0.4) is 0 Å². The Labute approximate surface area is 63.8 Å². The molecule has 0 unspecified atom stereocenters. The molecule has 0 saturated carbocycles. The normalized spacial score (nSPS) is 12.0. The highest BCUT2D eigenvalue weighted by Crippen LogP contribution is 2.10. The Hall–Kier alpha value is 0.650. The highest BCUT2D eigenvalue weighted by Gasteiger charge is 2.08. The molecular weight excluding hydrogens is 217 g/mol. The van der Waals surface area contributed by atoms with E-state index >= 15 is 0 Å². The third-order valence-electron chi connectivity index (χ3n) is 0.657. The van der Waals surface area contributed by atoms with Gasteiger partial charge in [-0.25, -0.2) is 0 Å². The first kappa shape index (κ1) is 8.65. The smallest absolute Gasteiger partial charge is 0.0649 e. The van der Waals surface area contributed by atoms with Gasteiger partial charge in [-0.3, -0.25) is 0 Å². The molecule has 0 rings (SSSR count). The molecule has 0 atom stereocenters. The minimum atomic E-state index is 0.112. The summed E-state index contributed by atoms with van der Waals surface area (Å²) in [6.07, 6.45) is 0. The zero-order valence-electron chi connectivity index (χ0n) is 5.24. The number of hydrogen-bond donors (Lipinski definition) is 2. The zero-order valence-corrected chi connectivity index (χ0v) is 7.40. The summed E-state index contributed by atoms with van der Waals surface area (Å²) >= 11 is 2.28. The summed E-state index contributed by atoms with van der Waals surface area (Å²) < 4.78 is 0.112. The minimum Gasteiger partial charge on any atom is -0.395 e. The largest absolute Gasteiger partial charge is 0.395 e. The van der Waals surface area contributed by atoms with E-state index in [1.165, 1.54) is 0 Å². The highest BCUT2D eigenvalue weighted by atomic mass is 127. The SMILES string of the molecule is CC(C)(I)NCCO. The average Bonchev–Trinajstić information content (AvgIpc) is 1.59. The molecule has 0 amide bonds. The molecule has 8 heavy (non-hydrogen) atoms. The van der Waals surface area contributed by atoms with Crippen LogP contribution in [-0.4, -0.2) is 21.8 Å².